The van der Waals surface area contributed by atoms with Crippen LogP contribution in [0, 0.1) is 0 Å². The number of allylic oxidation sites excluding steroid dienone is 2. The average Bonchev–Trinajstić information content (AvgIpc) is 2.62. The zero-order chi connectivity index (χ0) is 9.66. The molecule has 0 bridgehead atoms. The van der Waals surface area contributed by atoms with Crippen LogP contribution in [0.25, 0.3) is 0 Å². The van der Waals surface area contributed by atoms with Crippen molar-refractivity contribution in [2.24, 2.45) is 0 Å². The topological polar surface area (TPSA) is 0 Å². The first-order valence-corrected chi connectivity index (χ1v) is 5.06. The number of rotatable bonds is 1. The quantitative estimate of drug-likeness (QED) is 0.474. The van der Waals surface area contributed by atoms with Gasteiger partial charge in [-0.1, -0.05) is 77.7 Å². The van der Waals surface area contributed by atoms with Gasteiger partial charge < -0.3 is 0 Å². The molecular weight excluding hydrogens is 240 g/mol. The van der Waals surface area contributed by atoms with E-state index in [1.54, 1.807) is 12.2 Å². The summed E-state index contributed by atoms with van der Waals surface area (Å²) in [6, 6.07) is 0. The fraction of sp³-hybridized carbons (Fsp3) is 0.667. The van der Waals surface area contributed by atoms with Gasteiger partial charge >= 0.3 is 0 Å². The Labute approximate surface area is 98.8 Å². The van der Waals surface area contributed by atoms with E-state index in [0.717, 1.165) is 0 Å². The minimum atomic E-state index is 0. The minimum absolute atomic E-state index is 0. The largest absolute Gasteiger partial charge is 0.0991 e. The Morgan fingerprint density at radius 2 is 1.00 bits per heavy atom. The fourth-order valence-electron chi connectivity index (χ4n) is 0.884. The van der Waals surface area contributed by atoms with Crippen molar-refractivity contribution in [3.05, 3.63) is 25.3 Å². The van der Waals surface area contributed by atoms with E-state index in [2.05, 4.69) is 27.0 Å². The SMILES string of the molecule is C1CCCC1.C=CC=C.CCC.[Mo]. The van der Waals surface area contributed by atoms with E-state index >= 15 is 0 Å². The molecule has 0 aliphatic heterocycles. The predicted octanol–water partition coefficient (Wildman–Crippen LogP) is 4.72. The van der Waals surface area contributed by atoms with Crippen LogP contribution >= 0.6 is 0 Å². The molecule has 1 saturated carbocycles. The van der Waals surface area contributed by atoms with Crippen LogP contribution in [-0.2, 0) is 21.1 Å². The van der Waals surface area contributed by atoms with Gasteiger partial charge in [0.15, 0.2) is 0 Å². The second-order valence-corrected chi connectivity index (χ2v) is 2.95. The second kappa shape index (κ2) is 22.7. The molecule has 0 aromatic heterocycles. The van der Waals surface area contributed by atoms with Gasteiger partial charge in [0, 0.05) is 21.1 Å². The molecule has 0 atom stereocenters. The Morgan fingerprint density at radius 1 is 0.846 bits per heavy atom. The molecule has 1 rings (SSSR count). The van der Waals surface area contributed by atoms with Crippen molar-refractivity contribution < 1.29 is 21.1 Å². The molecule has 0 saturated heterocycles. The fourth-order valence-corrected chi connectivity index (χ4v) is 0.884. The van der Waals surface area contributed by atoms with Gasteiger partial charge in [0.25, 0.3) is 0 Å². The van der Waals surface area contributed by atoms with Gasteiger partial charge in [0.05, 0.1) is 0 Å². The molecule has 78 valence electrons. The van der Waals surface area contributed by atoms with Crippen LogP contribution in [0.5, 0.6) is 0 Å². The van der Waals surface area contributed by atoms with E-state index in [9.17, 15) is 0 Å². The first-order chi connectivity index (χ1) is 5.83. The Bertz CT molecular complexity index is 69.5. The van der Waals surface area contributed by atoms with Crippen molar-refractivity contribution in [2.45, 2.75) is 52.4 Å². The standard InChI is InChI=1S/C5H10.C4H6.C3H8.Mo/c1-2-4-5-3-1;1-3-4-2;1-3-2;/h1-5H2;3-4H,1-2H2;3H2,1-2H3;. The summed E-state index contributed by atoms with van der Waals surface area (Å²) in [5.41, 5.74) is 0. The molecule has 0 amide bonds. The minimum Gasteiger partial charge on any atom is -0.0991 e. The van der Waals surface area contributed by atoms with Gasteiger partial charge in [0.1, 0.15) is 0 Å². The van der Waals surface area contributed by atoms with Crippen LogP contribution in [-0.4, -0.2) is 0 Å². The summed E-state index contributed by atoms with van der Waals surface area (Å²) in [4.78, 5) is 0. The summed E-state index contributed by atoms with van der Waals surface area (Å²) in [6.45, 7) is 11.0. The van der Waals surface area contributed by atoms with Crippen LogP contribution < -0.4 is 0 Å². The maximum Gasteiger partial charge on any atom is 0 e. The zero-order valence-electron chi connectivity index (χ0n) is 9.22. The molecule has 1 aliphatic carbocycles. The summed E-state index contributed by atoms with van der Waals surface area (Å²) >= 11 is 0. The molecule has 0 aromatic rings. The monoisotopic (exact) mass is 266 g/mol. The smallest absolute Gasteiger partial charge is 0 e. The Hall–Kier alpha value is 0.168. The molecule has 1 heteroatoms. The molecule has 0 spiro atoms. The van der Waals surface area contributed by atoms with Crippen LogP contribution in [0.2, 0.25) is 0 Å². The van der Waals surface area contributed by atoms with Gasteiger partial charge in [-0.2, -0.15) is 0 Å². The van der Waals surface area contributed by atoms with Crippen molar-refractivity contribution in [1.29, 1.82) is 0 Å². The summed E-state index contributed by atoms with van der Waals surface area (Å²) in [5.74, 6) is 0. The van der Waals surface area contributed by atoms with Gasteiger partial charge in [0.2, 0.25) is 0 Å². The predicted molar refractivity (Wildman–Crippen MR) is 59.4 cm³/mol. The number of hydrogen-bond acceptors (Lipinski definition) is 0. The van der Waals surface area contributed by atoms with Crippen molar-refractivity contribution in [1.82, 2.24) is 0 Å². The average molecular weight is 264 g/mol. The third-order valence-corrected chi connectivity index (χ3v) is 1.42. The van der Waals surface area contributed by atoms with Crippen LogP contribution in [0.15, 0.2) is 25.3 Å². The van der Waals surface area contributed by atoms with E-state index in [4.69, 9.17) is 0 Å². The van der Waals surface area contributed by atoms with Gasteiger partial charge in [-0.3, -0.25) is 0 Å². The third kappa shape index (κ3) is 33.1. The van der Waals surface area contributed by atoms with E-state index < -0.39 is 0 Å². The van der Waals surface area contributed by atoms with Crippen molar-refractivity contribution in [2.75, 3.05) is 0 Å². The first-order valence-electron chi connectivity index (χ1n) is 5.06. The first kappa shape index (κ1) is 18.9. The summed E-state index contributed by atoms with van der Waals surface area (Å²) in [5, 5.41) is 0. The van der Waals surface area contributed by atoms with Gasteiger partial charge in [-0.05, 0) is 0 Å². The van der Waals surface area contributed by atoms with E-state index in [-0.39, 0.29) is 21.1 Å². The van der Waals surface area contributed by atoms with Crippen LogP contribution in [0.3, 0.4) is 0 Å². The Morgan fingerprint density at radius 3 is 1.08 bits per heavy atom. The summed E-state index contributed by atoms with van der Waals surface area (Å²) < 4.78 is 0. The van der Waals surface area contributed by atoms with E-state index in [0.29, 0.717) is 0 Å². The molecule has 0 unspecified atom stereocenters. The van der Waals surface area contributed by atoms with E-state index in [1.165, 1.54) is 38.5 Å². The van der Waals surface area contributed by atoms with Crippen LogP contribution in [0.4, 0.5) is 0 Å². The van der Waals surface area contributed by atoms with Crippen molar-refractivity contribution in [3.63, 3.8) is 0 Å². The summed E-state index contributed by atoms with van der Waals surface area (Å²) in [7, 11) is 0. The number of hydrogen-bond donors (Lipinski definition) is 0. The zero-order valence-corrected chi connectivity index (χ0v) is 11.2. The van der Waals surface area contributed by atoms with Gasteiger partial charge in [-0.15, -0.1) is 0 Å². The van der Waals surface area contributed by atoms with E-state index in [1.807, 2.05) is 0 Å². The third-order valence-electron chi connectivity index (χ3n) is 1.42. The maximum atomic E-state index is 3.36. The molecule has 0 heterocycles. The Kier molecular flexibility index (Phi) is 33.0. The van der Waals surface area contributed by atoms with Crippen LogP contribution in [0.1, 0.15) is 52.4 Å². The summed E-state index contributed by atoms with van der Waals surface area (Å²) in [6.07, 6.45) is 12.0. The second-order valence-electron chi connectivity index (χ2n) is 2.95. The molecular formula is C12H24Mo. The molecule has 0 aromatic carbocycles. The molecule has 13 heavy (non-hydrogen) atoms. The molecule has 0 N–H and O–H groups in total. The van der Waals surface area contributed by atoms with Gasteiger partial charge in [-0.25, -0.2) is 0 Å². The molecule has 1 aliphatic rings. The molecule has 1 fully saturated rings. The maximum absolute atomic E-state index is 3.36. The normalized spacial score (nSPS) is 12.2. The molecule has 0 nitrogen and oxygen atoms in total. The van der Waals surface area contributed by atoms with Crippen molar-refractivity contribution in [3.8, 4) is 0 Å². The Balaban J connectivity index is -0.000000116. The molecule has 0 radical (unpaired) electrons. The van der Waals surface area contributed by atoms with Crippen molar-refractivity contribution >= 4 is 0 Å².